The monoisotopic (exact) mass is 341 g/mol. The van der Waals surface area contributed by atoms with Crippen LogP contribution in [0.4, 0.5) is 10.5 Å². The highest BCUT2D eigenvalue weighted by molar-refractivity contribution is 6.31. The highest BCUT2D eigenvalue weighted by Gasteiger charge is 2.28. The number of amides is 1. The smallest absolute Gasteiger partial charge is 0.372 e. The van der Waals surface area contributed by atoms with Crippen molar-refractivity contribution in [3.05, 3.63) is 38.4 Å². The minimum Gasteiger partial charge on any atom is -0.372 e. The topological polar surface area (TPSA) is 102 Å². The maximum Gasteiger partial charge on any atom is 0.418 e. The molecule has 1 saturated heterocycles. The Bertz CT molecular complexity index is 664. The molecule has 124 valence electrons. The zero-order valence-corrected chi connectivity index (χ0v) is 13.4. The van der Waals surface area contributed by atoms with Crippen LogP contribution >= 0.6 is 11.6 Å². The first-order valence-corrected chi connectivity index (χ1v) is 7.37. The number of rotatable bonds is 2. The van der Waals surface area contributed by atoms with Crippen LogP contribution in [-0.2, 0) is 4.74 Å². The molecule has 9 heteroatoms. The second-order valence-electron chi connectivity index (χ2n) is 5.26. The summed E-state index contributed by atoms with van der Waals surface area (Å²) in [6, 6.07) is 2.29. The van der Waals surface area contributed by atoms with Gasteiger partial charge in [-0.15, -0.1) is 0 Å². The first kappa shape index (κ1) is 17.2. The zero-order chi connectivity index (χ0) is 17.1. The van der Waals surface area contributed by atoms with Gasteiger partial charge >= 0.3 is 12.1 Å². The molecule has 0 saturated carbocycles. The Morgan fingerprint density at radius 3 is 2.78 bits per heavy atom. The summed E-state index contributed by atoms with van der Waals surface area (Å²) in [6.07, 6.45) is -0.772. The van der Waals surface area contributed by atoms with Crippen molar-refractivity contribution in [3.63, 3.8) is 0 Å². The molecule has 1 amide bonds. The molecule has 0 aromatic heterocycles. The number of nitro benzene ring substituents is 1. The lowest BCUT2D eigenvalue weighted by molar-refractivity contribution is -0.385. The molecule has 0 aliphatic carbocycles. The fraction of sp³-hybridized carbons (Fsp3) is 0.429. The van der Waals surface area contributed by atoms with Crippen molar-refractivity contribution >= 4 is 29.4 Å². The second kappa shape index (κ2) is 6.93. The van der Waals surface area contributed by atoms with E-state index in [4.69, 9.17) is 16.3 Å². The second-order valence-corrected chi connectivity index (χ2v) is 5.69. The number of nitro groups is 1. The molecule has 0 radical (unpaired) electrons. The lowest BCUT2D eigenvalue weighted by Crippen LogP contribution is -2.52. The van der Waals surface area contributed by atoms with E-state index in [9.17, 15) is 19.7 Å². The maximum atomic E-state index is 12.2. The molecule has 1 unspecified atom stereocenters. The Morgan fingerprint density at radius 1 is 1.48 bits per heavy atom. The van der Waals surface area contributed by atoms with Gasteiger partial charge in [0.1, 0.15) is 0 Å². The Labute approximate surface area is 137 Å². The van der Waals surface area contributed by atoms with Gasteiger partial charge in [-0.2, -0.15) is 0 Å². The summed E-state index contributed by atoms with van der Waals surface area (Å²) >= 11 is 5.80. The average molecular weight is 342 g/mol. The van der Waals surface area contributed by atoms with Crippen LogP contribution in [0.2, 0.25) is 5.02 Å². The predicted octanol–water partition coefficient (Wildman–Crippen LogP) is 2.13. The summed E-state index contributed by atoms with van der Waals surface area (Å²) in [5.74, 6) is -0.955. The third-order valence-electron chi connectivity index (χ3n) is 3.68. The van der Waals surface area contributed by atoms with Crippen LogP contribution in [0, 0.1) is 17.0 Å². The van der Waals surface area contributed by atoms with Crippen molar-refractivity contribution in [2.75, 3.05) is 19.6 Å². The van der Waals surface area contributed by atoms with Gasteiger partial charge in [0.2, 0.25) is 0 Å². The van der Waals surface area contributed by atoms with Crippen LogP contribution in [-0.4, -0.2) is 47.6 Å². The van der Waals surface area contributed by atoms with Crippen molar-refractivity contribution in [2.24, 2.45) is 0 Å². The summed E-state index contributed by atoms with van der Waals surface area (Å²) in [5, 5.41) is 14.1. The van der Waals surface area contributed by atoms with Gasteiger partial charge in [0, 0.05) is 42.3 Å². The SMILES string of the molecule is Cc1c(C(=O)OC(=O)N2CCNCC2C)cc(Cl)cc1[N+](=O)[O-]. The fourth-order valence-electron chi connectivity index (χ4n) is 2.37. The number of benzene rings is 1. The predicted molar refractivity (Wildman–Crippen MR) is 82.7 cm³/mol. The van der Waals surface area contributed by atoms with E-state index in [1.165, 1.54) is 17.9 Å². The van der Waals surface area contributed by atoms with E-state index in [-0.39, 0.29) is 27.9 Å². The Kier molecular flexibility index (Phi) is 5.17. The van der Waals surface area contributed by atoms with E-state index in [0.717, 1.165) is 6.07 Å². The van der Waals surface area contributed by atoms with Gasteiger partial charge in [0.15, 0.2) is 0 Å². The van der Waals surface area contributed by atoms with E-state index < -0.39 is 17.0 Å². The molecule has 1 aliphatic heterocycles. The van der Waals surface area contributed by atoms with E-state index in [1.54, 1.807) is 0 Å². The van der Waals surface area contributed by atoms with Gasteiger partial charge < -0.3 is 15.0 Å². The largest absolute Gasteiger partial charge is 0.418 e. The first-order chi connectivity index (χ1) is 10.8. The van der Waals surface area contributed by atoms with Crippen LogP contribution in [0.3, 0.4) is 0 Å². The molecule has 23 heavy (non-hydrogen) atoms. The maximum absolute atomic E-state index is 12.2. The average Bonchev–Trinajstić information content (AvgIpc) is 2.49. The van der Waals surface area contributed by atoms with Gasteiger partial charge in [-0.25, -0.2) is 9.59 Å². The van der Waals surface area contributed by atoms with Crippen molar-refractivity contribution in [1.82, 2.24) is 10.2 Å². The minimum absolute atomic E-state index is 0.0252. The fourth-order valence-corrected chi connectivity index (χ4v) is 2.58. The Balaban J connectivity index is 2.20. The van der Waals surface area contributed by atoms with Crippen molar-refractivity contribution < 1.29 is 19.2 Å². The van der Waals surface area contributed by atoms with Crippen LogP contribution < -0.4 is 5.32 Å². The lowest BCUT2D eigenvalue weighted by atomic mass is 10.1. The first-order valence-electron chi connectivity index (χ1n) is 6.99. The van der Waals surface area contributed by atoms with Gasteiger partial charge in [0.25, 0.3) is 5.69 Å². The molecule has 1 aromatic carbocycles. The molecule has 1 heterocycles. The molecule has 0 spiro atoms. The van der Waals surface area contributed by atoms with E-state index >= 15 is 0 Å². The molecular formula is C14H16ClN3O5. The van der Waals surface area contributed by atoms with Crippen LogP contribution in [0.15, 0.2) is 12.1 Å². The molecule has 1 atom stereocenters. The van der Waals surface area contributed by atoms with Gasteiger partial charge in [0.05, 0.1) is 10.5 Å². The van der Waals surface area contributed by atoms with Gasteiger partial charge in [-0.3, -0.25) is 10.1 Å². The van der Waals surface area contributed by atoms with Gasteiger partial charge in [-0.05, 0) is 19.9 Å². The van der Waals surface area contributed by atoms with Crippen molar-refractivity contribution in [1.29, 1.82) is 0 Å². The van der Waals surface area contributed by atoms with Crippen molar-refractivity contribution in [3.8, 4) is 0 Å². The number of carbonyl (C=O) groups is 2. The van der Waals surface area contributed by atoms with Crippen LogP contribution in [0.25, 0.3) is 0 Å². The number of carbonyl (C=O) groups excluding carboxylic acids is 2. The highest BCUT2D eigenvalue weighted by Crippen LogP contribution is 2.27. The number of piperazine rings is 1. The molecule has 1 aromatic rings. The number of ether oxygens (including phenoxy) is 1. The molecule has 1 aliphatic rings. The van der Waals surface area contributed by atoms with E-state index in [0.29, 0.717) is 19.6 Å². The summed E-state index contributed by atoms with van der Waals surface area (Å²) in [6.45, 7) is 4.86. The molecule has 0 bridgehead atoms. The van der Waals surface area contributed by atoms with Crippen molar-refractivity contribution in [2.45, 2.75) is 19.9 Å². The number of esters is 1. The summed E-state index contributed by atoms with van der Waals surface area (Å²) in [4.78, 5) is 36.0. The molecular weight excluding hydrogens is 326 g/mol. The summed E-state index contributed by atoms with van der Waals surface area (Å²) in [7, 11) is 0. The van der Waals surface area contributed by atoms with Crippen LogP contribution in [0.5, 0.6) is 0 Å². The summed E-state index contributed by atoms with van der Waals surface area (Å²) < 4.78 is 4.86. The van der Waals surface area contributed by atoms with Crippen LogP contribution in [0.1, 0.15) is 22.8 Å². The normalized spacial score (nSPS) is 17.7. The number of halogens is 1. The number of hydrogen-bond acceptors (Lipinski definition) is 6. The standard InChI is InChI=1S/C14H16ClN3O5/c1-8-7-16-3-4-17(8)14(20)23-13(19)11-5-10(15)6-12(9(11)2)18(21)22/h5-6,8,16H,3-4,7H2,1-2H3. The lowest BCUT2D eigenvalue weighted by Gasteiger charge is -2.32. The quantitative estimate of drug-likeness (QED) is 0.382. The number of hydrogen-bond donors (Lipinski definition) is 1. The Morgan fingerprint density at radius 2 is 2.17 bits per heavy atom. The molecule has 8 nitrogen and oxygen atoms in total. The summed E-state index contributed by atoms with van der Waals surface area (Å²) in [5.41, 5.74) is -0.293. The molecule has 1 N–H and O–H groups in total. The van der Waals surface area contributed by atoms with E-state index in [2.05, 4.69) is 5.32 Å². The molecule has 2 rings (SSSR count). The number of nitrogens with one attached hydrogen (secondary N) is 1. The molecule has 1 fully saturated rings. The third-order valence-corrected chi connectivity index (χ3v) is 3.90. The third kappa shape index (κ3) is 3.77. The minimum atomic E-state index is -0.955. The Hall–Kier alpha value is -2.19. The van der Waals surface area contributed by atoms with E-state index in [1.807, 2.05) is 6.92 Å². The number of nitrogens with zero attached hydrogens (tertiary/aromatic N) is 2. The highest BCUT2D eigenvalue weighted by atomic mass is 35.5. The zero-order valence-electron chi connectivity index (χ0n) is 12.7. The van der Waals surface area contributed by atoms with Gasteiger partial charge in [-0.1, -0.05) is 11.6 Å².